The number of carbonyl (C=O) groups is 3. The van der Waals surface area contributed by atoms with Crippen LogP contribution in [0.5, 0.6) is 5.75 Å². The highest BCUT2D eigenvalue weighted by atomic mass is 35.5. The molecule has 0 saturated carbocycles. The molecule has 0 aliphatic carbocycles. The molecule has 1 aromatic heterocycles. The SMILES string of the molecule is COC(=O)COc1cccc2c1c(C(=O)C(=O)Cl)c(C)n2Cc1ccc(F)cc1. The molecule has 0 aliphatic rings. The minimum Gasteiger partial charge on any atom is -0.481 e. The molecule has 8 heteroatoms. The molecule has 3 rings (SSSR count). The first kappa shape index (κ1) is 20.5. The number of benzene rings is 2. The maximum Gasteiger partial charge on any atom is 0.343 e. The highest BCUT2D eigenvalue weighted by Crippen LogP contribution is 2.35. The van der Waals surface area contributed by atoms with E-state index in [9.17, 15) is 18.8 Å². The first-order valence-electron chi connectivity index (χ1n) is 8.63. The third-order valence-corrected chi connectivity index (χ3v) is 4.72. The number of hydrogen-bond acceptors (Lipinski definition) is 5. The zero-order valence-electron chi connectivity index (χ0n) is 15.7. The third-order valence-electron chi connectivity index (χ3n) is 4.54. The summed E-state index contributed by atoms with van der Waals surface area (Å²) >= 11 is 5.47. The molecule has 0 spiro atoms. The molecule has 150 valence electrons. The number of fused-ring (bicyclic) bond motifs is 1. The highest BCUT2D eigenvalue weighted by Gasteiger charge is 2.26. The zero-order valence-corrected chi connectivity index (χ0v) is 16.5. The second-order valence-corrected chi connectivity index (χ2v) is 6.63. The molecule has 2 aromatic carbocycles. The molecule has 0 saturated heterocycles. The Bertz CT molecular complexity index is 1100. The molecule has 0 amide bonds. The van der Waals surface area contributed by atoms with Gasteiger partial charge in [0, 0.05) is 12.2 Å². The van der Waals surface area contributed by atoms with Gasteiger partial charge < -0.3 is 14.0 Å². The summed E-state index contributed by atoms with van der Waals surface area (Å²) in [4.78, 5) is 35.6. The van der Waals surface area contributed by atoms with Gasteiger partial charge in [0.15, 0.2) is 6.61 Å². The van der Waals surface area contributed by atoms with Gasteiger partial charge >= 0.3 is 5.97 Å². The number of halogens is 2. The molecular weight excluding hydrogens is 401 g/mol. The maximum absolute atomic E-state index is 13.2. The molecule has 0 N–H and O–H groups in total. The fourth-order valence-corrected chi connectivity index (χ4v) is 3.25. The highest BCUT2D eigenvalue weighted by molar-refractivity contribution is 6.83. The third kappa shape index (κ3) is 4.14. The second-order valence-electron chi connectivity index (χ2n) is 6.29. The van der Waals surface area contributed by atoms with Gasteiger partial charge in [0.1, 0.15) is 11.6 Å². The lowest BCUT2D eigenvalue weighted by molar-refractivity contribution is -0.142. The number of nitrogens with zero attached hydrogens (tertiary/aromatic N) is 1. The molecule has 0 radical (unpaired) electrons. The number of Topliss-reactive ketones (excluding diaryl/α,β-unsaturated/α-hetero) is 1. The van der Waals surface area contributed by atoms with Gasteiger partial charge in [0.2, 0.25) is 5.78 Å². The lowest BCUT2D eigenvalue weighted by Crippen LogP contribution is -2.13. The average Bonchev–Trinajstić information content (AvgIpc) is 2.99. The Balaban J connectivity index is 2.17. The van der Waals surface area contributed by atoms with Crippen LogP contribution in [0.25, 0.3) is 10.9 Å². The average molecular weight is 418 g/mol. The van der Waals surface area contributed by atoms with Gasteiger partial charge in [-0.25, -0.2) is 9.18 Å². The second kappa shape index (κ2) is 8.45. The quantitative estimate of drug-likeness (QED) is 0.254. The van der Waals surface area contributed by atoms with Crippen molar-refractivity contribution in [2.24, 2.45) is 0 Å². The molecule has 0 bridgehead atoms. The van der Waals surface area contributed by atoms with Crippen molar-refractivity contribution in [2.75, 3.05) is 13.7 Å². The first-order valence-corrected chi connectivity index (χ1v) is 9.01. The van der Waals surface area contributed by atoms with Crippen LogP contribution in [0.2, 0.25) is 0 Å². The van der Waals surface area contributed by atoms with Gasteiger partial charge in [0.25, 0.3) is 5.24 Å². The van der Waals surface area contributed by atoms with Crippen molar-refractivity contribution in [3.05, 3.63) is 65.1 Å². The van der Waals surface area contributed by atoms with Crippen molar-refractivity contribution >= 4 is 39.5 Å². The number of aromatic nitrogens is 1. The van der Waals surface area contributed by atoms with Gasteiger partial charge in [-0.15, -0.1) is 0 Å². The van der Waals surface area contributed by atoms with E-state index in [-0.39, 0.29) is 23.7 Å². The molecule has 3 aromatic rings. The van der Waals surface area contributed by atoms with Crippen molar-refractivity contribution in [3.8, 4) is 5.75 Å². The Kier molecular flexibility index (Phi) is 5.98. The topological polar surface area (TPSA) is 74.6 Å². The predicted molar refractivity (Wildman–Crippen MR) is 105 cm³/mol. The van der Waals surface area contributed by atoms with Crippen LogP contribution in [0.4, 0.5) is 4.39 Å². The smallest absolute Gasteiger partial charge is 0.343 e. The predicted octanol–water partition coefficient (Wildman–Crippen LogP) is 3.64. The molecule has 0 aliphatic heterocycles. The van der Waals surface area contributed by atoms with Crippen LogP contribution in [0.15, 0.2) is 42.5 Å². The van der Waals surface area contributed by atoms with Gasteiger partial charge in [-0.1, -0.05) is 18.2 Å². The molecule has 0 unspecified atom stereocenters. The Morgan fingerprint density at radius 2 is 1.79 bits per heavy atom. The zero-order chi connectivity index (χ0) is 21.1. The van der Waals surface area contributed by atoms with Crippen molar-refractivity contribution < 1.29 is 28.2 Å². The Labute approximate surface area is 170 Å². The largest absolute Gasteiger partial charge is 0.481 e. The number of ether oxygens (including phenoxy) is 2. The molecule has 0 fully saturated rings. The number of methoxy groups -OCH3 is 1. The Morgan fingerprint density at radius 3 is 2.41 bits per heavy atom. The summed E-state index contributed by atoms with van der Waals surface area (Å²) in [6.45, 7) is 1.65. The summed E-state index contributed by atoms with van der Waals surface area (Å²) < 4.78 is 25.1. The van der Waals surface area contributed by atoms with Crippen LogP contribution >= 0.6 is 11.6 Å². The molecule has 6 nitrogen and oxygen atoms in total. The fraction of sp³-hybridized carbons (Fsp3) is 0.190. The molecule has 29 heavy (non-hydrogen) atoms. The summed E-state index contributed by atoms with van der Waals surface area (Å²) in [5.74, 6) is -1.58. The van der Waals surface area contributed by atoms with Gasteiger partial charge in [0.05, 0.1) is 23.6 Å². The van der Waals surface area contributed by atoms with Crippen LogP contribution in [-0.2, 0) is 20.9 Å². The van der Waals surface area contributed by atoms with E-state index in [0.717, 1.165) is 5.56 Å². The molecule has 0 atom stereocenters. The maximum atomic E-state index is 13.2. The summed E-state index contributed by atoms with van der Waals surface area (Å²) in [6.07, 6.45) is 0. The van der Waals surface area contributed by atoms with Gasteiger partial charge in [-0.2, -0.15) is 0 Å². The Morgan fingerprint density at radius 1 is 1.10 bits per heavy atom. The van der Waals surface area contributed by atoms with Crippen molar-refractivity contribution in [3.63, 3.8) is 0 Å². The first-order chi connectivity index (χ1) is 13.8. The van der Waals surface area contributed by atoms with Crippen molar-refractivity contribution in [1.82, 2.24) is 4.57 Å². The van der Waals surface area contributed by atoms with E-state index in [4.69, 9.17) is 16.3 Å². The van der Waals surface area contributed by atoms with E-state index >= 15 is 0 Å². The fourth-order valence-electron chi connectivity index (χ4n) is 3.16. The summed E-state index contributed by atoms with van der Waals surface area (Å²) in [5.41, 5.74) is 2.00. The number of carbonyl (C=O) groups excluding carboxylic acids is 3. The van der Waals surface area contributed by atoms with Crippen LogP contribution in [0.3, 0.4) is 0 Å². The van der Waals surface area contributed by atoms with E-state index in [1.807, 2.05) is 0 Å². The molecular formula is C21H17ClFNO5. The number of esters is 1. The Hall–Kier alpha value is -3.19. The van der Waals surface area contributed by atoms with Crippen LogP contribution in [0.1, 0.15) is 21.6 Å². The van der Waals surface area contributed by atoms with E-state index in [1.54, 1.807) is 41.8 Å². The standard InChI is InChI=1S/C21H17ClFNO5/c1-12-18(20(26)21(22)27)19-15(4-3-5-16(19)29-11-17(25)28-2)24(12)10-13-6-8-14(23)9-7-13/h3-9H,10-11H2,1-2H3. The van der Waals surface area contributed by atoms with E-state index in [2.05, 4.69) is 4.74 Å². The number of ketones is 1. The summed E-state index contributed by atoms with van der Waals surface area (Å²) in [6, 6.07) is 11.0. The van der Waals surface area contributed by atoms with Crippen molar-refractivity contribution in [1.29, 1.82) is 0 Å². The lowest BCUT2D eigenvalue weighted by atomic mass is 10.1. The minimum absolute atomic E-state index is 0.0996. The summed E-state index contributed by atoms with van der Waals surface area (Å²) in [5, 5.41) is -0.758. The summed E-state index contributed by atoms with van der Waals surface area (Å²) in [7, 11) is 1.23. The number of rotatable bonds is 7. The lowest BCUT2D eigenvalue weighted by Gasteiger charge is -2.10. The van der Waals surface area contributed by atoms with Crippen molar-refractivity contribution in [2.45, 2.75) is 13.5 Å². The monoisotopic (exact) mass is 417 g/mol. The van der Waals surface area contributed by atoms with E-state index in [1.165, 1.54) is 19.2 Å². The van der Waals surface area contributed by atoms with Crippen LogP contribution < -0.4 is 4.74 Å². The van der Waals surface area contributed by atoms with E-state index < -0.39 is 17.0 Å². The van der Waals surface area contributed by atoms with Crippen LogP contribution in [-0.4, -0.2) is 35.3 Å². The minimum atomic E-state index is -1.13. The van der Waals surface area contributed by atoms with Gasteiger partial charge in [-0.3, -0.25) is 9.59 Å². The van der Waals surface area contributed by atoms with E-state index in [0.29, 0.717) is 23.1 Å². The molecule has 1 heterocycles. The van der Waals surface area contributed by atoms with Crippen LogP contribution in [0, 0.1) is 12.7 Å². The normalized spacial score (nSPS) is 10.8. The number of hydrogen-bond donors (Lipinski definition) is 0. The van der Waals surface area contributed by atoms with Gasteiger partial charge in [-0.05, 0) is 48.4 Å².